The lowest BCUT2D eigenvalue weighted by molar-refractivity contribution is -0.155. The van der Waals surface area contributed by atoms with Crippen molar-refractivity contribution in [3.8, 4) is 0 Å². The summed E-state index contributed by atoms with van der Waals surface area (Å²) in [6.45, 7) is 5.10. The number of hydrogen-bond acceptors (Lipinski definition) is 5. The van der Waals surface area contributed by atoms with E-state index >= 15 is 0 Å². The van der Waals surface area contributed by atoms with Crippen molar-refractivity contribution < 1.29 is 9.47 Å². The second kappa shape index (κ2) is 8.20. The SMILES string of the molecule is CCOC(OCC)C(CCc1ccnn1C)NN. The van der Waals surface area contributed by atoms with Crippen LogP contribution < -0.4 is 11.3 Å². The van der Waals surface area contributed by atoms with E-state index in [1.165, 1.54) is 5.69 Å². The van der Waals surface area contributed by atoms with Gasteiger partial charge in [-0.25, -0.2) is 0 Å². The summed E-state index contributed by atoms with van der Waals surface area (Å²) in [4.78, 5) is 0. The number of ether oxygens (including phenoxy) is 2. The van der Waals surface area contributed by atoms with Crippen LogP contribution in [0, 0.1) is 0 Å². The van der Waals surface area contributed by atoms with Gasteiger partial charge in [0.2, 0.25) is 0 Å². The van der Waals surface area contributed by atoms with Crippen LogP contribution in [-0.4, -0.2) is 35.3 Å². The van der Waals surface area contributed by atoms with Crippen LogP contribution in [0.25, 0.3) is 0 Å². The largest absolute Gasteiger partial charge is 0.351 e. The third kappa shape index (κ3) is 4.38. The number of aryl methyl sites for hydroxylation is 2. The molecule has 0 fully saturated rings. The van der Waals surface area contributed by atoms with Gasteiger partial charge in [-0.05, 0) is 32.8 Å². The minimum Gasteiger partial charge on any atom is -0.351 e. The second-order valence-electron chi connectivity index (χ2n) is 4.04. The van der Waals surface area contributed by atoms with Gasteiger partial charge in [0.05, 0.1) is 6.04 Å². The summed E-state index contributed by atoms with van der Waals surface area (Å²) in [5, 5.41) is 4.14. The average Bonchev–Trinajstić information content (AvgIpc) is 2.76. The molecule has 1 aromatic heterocycles. The molecule has 104 valence electrons. The van der Waals surface area contributed by atoms with Gasteiger partial charge in [0.15, 0.2) is 6.29 Å². The number of nitrogens with zero attached hydrogens (tertiary/aromatic N) is 2. The van der Waals surface area contributed by atoms with Crippen molar-refractivity contribution in [3.05, 3.63) is 18.0 Å². The molecular weight excluding hydrogens is 232 g/mol. The molecule has 0 saturated carbocycles. The summed E-state index contributed by atoms with van der Waals surface area (Å²) < 4.78 is 13.0. The van der Waals surface area contributed by atoms with Gasteiger partial charge >= 0.3 is 0 Å². The zero-order valence-corrected chi connectivity index (χ0v) is 11.4. The topological polar surface area (TPSA) is 74.3 Å². The summed E-state index contributed by atoms with van der Waals surface area (Å²) in [6, 6.07) is 1.98. The molecular formula is C12H24N4O2. The molecule has 1 unspecified atom stereocenters. The van der Waals surface area contributed by atoms with E-state index in [1.807, 2.05) is 31.6 Å². The predicted molar refractivity (Wildman–Crippen MR) is 69.7 cm³/mol. The minimum absolute atomic E-state index is 0.0280. The number of nitrogens with two attached hydrogens (primary N) is 1. The predicted octanol–water partition coefficient (Wildman–Crippen LogP) is 0.584. The Morgan fingerprint density at radius 3 is 2.50 bits per heavy atom. The van der Waals surface area contributed by atoms with Crippen LogP contribution in [0.1, 0.15) is 26.0 Å². The number of rotatable bonds is 9. The lowest BCUT2D eigenvalue weighted by Gasteiger charge is -2.26. The lowest BCUT2D eigenvalue weighted by atomic mass is 10.1. The van der Waals surface area contributed by atoms with Gasteiger partial charge in [-0.2, -0.15) is 5.10 Å². The normalized spacial score (nSPS) is 13.2. The van der Waals surface area contributed by atoms with Gasteiger partial charge in [0, 0.05) is 32.2 Å². The summed E-state index contributed by atoms with van der Waals surface area (Å²) in [5.74, 6) is 5.58. The first kappa shape index (κ1) is 15.1. The quantitative estimate of drug-likeness (QED) is 0.384. The molecule has 0 amide bonds. The van der Waals surface area contributed by atoms with Crippen LogP contribution in [0.4, 0.5) is 0 Å². The van der Waals surface area contributed by atoms with E-state index in [0.29, 0.717) is 13.2 Å². The van der Waals surface area contributed by atoms with Crippen LogP contribution in [0.5, 0.6) is 0 Å². The Labute approximate surface area is 108 Å². The monoisotopic (exact) mass is 256 g/mol. The highest BCUT2D eigenvalue weighted by Crippen LogP contribution is 2.10. The molecule has 0 radical (unpaired) electrons. The Balaban J connectivity index is 2.51. The van der Waals surface area contributed by atoms with Crippen LogP contribution in [-0.2, 0) is 22.9 Å². The summed E-state index contributed by atoms with van der Waals surface area (Å²) in [7, 11) is 1.93. The molecule has 0 saturated heterocycles. The molecule has 1 rings (SSSR count). The molecule has 18 heavy (non-hydrogen) atoms. The molecule has 6 heteroatoms. The van der Waals surface area contributed by atoms with Crippen molar-refractivity contribution >= 4 is 0 Å². The zero-order chi connectivity index (χ0) is 13.4. The van der Waals surface area contributed by atoms with Crippen LogP contribution in [0.3, 0.4) is 0 Å². The Morgan fingerprint density at radius 2 is 2.06 bits per heavy atom. The highest BCUT2D eigenvalue weighted by Gasteiger charge is 2.21. The molecule has 0 aliphatic carbocycles. The maximum absolute atomic E-state index is 5.58. The van der Waals surface area contributed by atoms with E-state index in [4.69, 9.17) is 15.3 Å². The van der Waals surface area contributed by atoms with Crippen molar-refractivity contribution in [1.82, 2.24) is 15.2 Å². The maximum Gasteiger partial charge on any atom is 0.174 e. The van der Waals surface area contributed by atoms with Gasteiger partial charge in [0.1, 0.15) is 0 Å². The van der Waals surface area contributed by atoms with E-state index in [-0.39, 0.29) is 12.3 Å². The number of hydrogen-bond donors (Lipinski definition) is 2. The molecule has 0 aliphatic rings. The molecule has 1 aromatic rings. The smallest absolute Gasteiger partial charge is 0.174 e. The first-order valence-electron chi connectivity index (χ1n) is 6.39. The van der Waals surface area contributed by atoms with E-state index < -0.39 is 0 Å². The lowest BCUT2D eigenvalue weighted by Crippen LogP contribution is -2.46. The Hall–Kier alpha value is -0.950. The Bertz CT molecular complexity index is 324. The number of hydrazine groups is 1. The fourth-order valence-corrected chi connectivity index (χ4v) is 1.86. The number of aromatic nitrogens is 2. The molecule has 0 spiro atoms. The van der Waals surface area contributed by atoms with Crippen LogP contribution >= 0.6 is 0 Å². The molecule has 1 atom stereocenters. The Morgan fingerprint density at radius 1 is 1.39 bits per heavy atom. The fourth-order valence-electron chi connectivity index (χ4n) is 1.86. The van der Waals surface area contributed by atoms with Gasteiger partial charge in [-0.1, -0.05) is 0 Å². The fraction of sp³-hybridized carbons (Fsp3) is 0.750. The standard InChI is InChI=1S/C12H24N4O2/c1-4-17-12(18-5-2)11(15-13)7-6-10-8-9-14-16(10)3/h8-9,11-12,15H,4-7,13H2,1-3H3. The van der Waals surface area contributed by atoms with Crippen LogP contribution in [0.2, 0.25) is 0 Å². The minimum atomic E-state index is -0.307. The molecule has 1 heterocycles. The molecule has 6 nitrogen and oxygen atoms in total. The van der Waals surface area contributed by atoms with Gasteiger partial charge < -0.3 is 9.47 Å². The number of nitrogens with one attached hydrogen (secondary N) is 1. The third-order valence-electron chi connectivity index (χ3n) is 2.84. The van der Waals surface area contributed by atoms with Crippen molar-refractivity contribution in [3.63, 3.8) is 0 Å². The maximum atomic E-state index is 5.58. The van der Waals surface area contributed by atoms with Crippen LogP contribution in [0.15, 0.2) is 12.3 Å². The van der Waals surface area contributed by atoms with Gasteiger partial charge in [0.25, 0.3) is 0 Å². The highest BCUT2D eigenvalue weighted by molar-refractivity contribution is 5.00. The van der Waals surface area contributed by atoms with Gasteiger partial charge in [-0.15, -0.1) is 0 Å². The van der Waals surface area contributed by atoms with E-state index in [1.54, 1.807) is 6.20 Å². The third-order valence-corrected chi connectivity index (χ3v) is 2.84. The van der Waals surface area contributed by atoms with E-state index in [2.05, 4.69) is 10.5 Å². The summed E-state index contributed by atoms with van der Waals surface area (Å²) >= 11 is 0. The summed E-state index contributed by atoms with van der Waals surface area (Å²) in [6.07, 6.45) is 3.20. The summed E-state index contributed by atoms with van der Waals surface area (Å²) in [5.41, 5.74) is 3.94. The molecule has 0 aliphatic heterocycles. The second-order valence-corrected chi connectivity index (χ2v) is 4.04. The first-order valence-corrected chi connectivity index (χ1v) is 6.39. The van der Waals surface area contributed by atoms with Crippen molar-refractivity contribution in [2.24, 2.45) is 12.9 Å². The van der Waals surface area contributed by atoms with Crippen molar-refractivity contribution in [2.75, 3.05) is 13.2 Å². The highest BCUT2D eigenvalue weighted by atomic mass is 16.7. The Kier molecular flexibility index (Phi) is 6.89. The molecule has 0 aromatic carbocycles. The average molecular weight is 256 g/mol. The zero-order valence-electron chi connectivity index (χ0n) is 11.4. The van der Waals surface area contributed by atoms with Crippen molar-refractivity contribution in [1.29, 1.82) is 0 Å². The first-order chi connectivity index (χ1) is 8.72. The molecule has 0 bridgehead atoms. The van der Waals surface area contributed by atoms with E-state index in [9.17, 15) is 0 Å². The molecule has 3 N–H and O–H groups in total. The van der Waals surface area contributed by atoms with E-state index in [0.717, 1.165) is 12.8 Å². The van der Waals surface area contributed by atoms with Crippen molar-refractivity contribution in [2.45, 2.75) is 39.0 Å². The van der Waals surface area contributed by atoms with Gasteiger partial charge in [-0.3, -0.25) is 16.0 Å².